The Morgan fingerprint density at radius 2 is 1.53 bits per heavy atom. The van der Waals surface area contributed by atoms with E-state index in [2.05, 4.69) is 15.6 Å². The van der Waals surface area contributed by atoms with Gasteiger partial charge in [0, 0.05) is 41.5 Å². The Bertz CT molecular complexity index is 1710. The smallest absolute Gasteiger partial charge is 0.303 e. The van der Waals surface area contributed by atoms with Crippen molar-refractivity contribution in [3.8, 4) is 23.0 Å². The summed E-state index contributed by atoms with van der Waals surface area (Å²) in [5.41, 5.74) is -0.312. The van der Waals surface area contributed by atoms with Crippen LogP contribution in [-0.4, -0.2) is 41.1 Å². The molecular formula is C32H32F2N4O7. The van der Waals surface area contributed by atoms with Crippen molar-refractivity contribution in [3.63, 3.8) is 0 Å². The number of nitrogens with zero attached hydrogens (tertiary/aromatic N) is 1. The van der Waals surface area contributed by atoms with Crippen LogP contribution in [0.5, 0.6) is 23.0 Å². The lowest BCUT2D eigenvalue weighted by Gasteiger charge is -2.16. The molecule has 0 atom stereocenters. The van der Waals surface area contributed by atoms with E-state index in [1.165, 1.54) is 42.6 Å². The van der Waals surface area contributed by atoms with Crippen molar-refractivity contribution >= 4 is 40.1 Å². The summed E-state index contributed by atoms with van der Waals surface area (Å²) < 4.78 is 45.7. The van der Waals surface area contributed by atoms with Crippen LogP contribution in [0.3, 0.4) is 0 Å². The number of anilines is 2. The van der Waals surface area contributed by atoms with Gasteiger partial charge in [-0.25, -0.2) is 8.78 Å². The second-order valence-electron chi connectivity index (χ2n) is 10.1. The Balaban J connectivity index is 0.00000461. The molecule has 1 aromatic heterocycles. The van der Waals surface area contributed by atoms with Crippen LogP contribution in [0.25, 0.3) is 10.9 Å². The molecule has 1 aliphatic carbocycles. The van der Waals surface area contributed by atoms with Gasteiger partial charge in [0.25, 0.3) is 0 Å². The van der Waals surface area contributed by atoms with Crippen LogP contribution < -0.4 is 31.0 Å². The van der Waals surface area contributed by atoms with Crippen molar-refractivity contribution in [3.05, 3.63) is 78.5 Å². The zero-order chi connectivity index (χ0) is 31.3. The van der Waals surface area contributed by atoms with Gasteiger partial charge in [0.05, 0.1) is 18.7 Å². The molecule has 2 amide bonds. The maximum absolute atomic E-state index is 15.2. The van der Waals surface area contributed by atoms with Gasteiger partial charge in [0.2, 0.25) is 11.8 Å². The molecule has 3 aromatic carbocycles. The Morgan fingerprint density at radius 1 is 0.867 bits per heavy atom. The highest BCUT2D eigenvalue weighted by atomic mass is 19.1. The van der Waals surface area contributed by atoms with E-state index in [0.717, 1.165) is 6.07 Å². The molecule has 11 nitrogen and oxygen atoms in total. The maximum Gasteiger partial charge on any atom is 0.303 e. The van der Waals surface area contributed by atoms with Crippen molar-refractivity contribution in [1.29, 1.82) is 0 Å². The lowest BCUT2D eigenvalue weighted by molar-refractivity contribution is -0.137. The predicted octanol–water partition coefficient (Wildman–Crippen LogP) is 6.47. The minimum Gasteiger partial charge on any atom is -0.490 e. The van der Waals surface area contributed by atoms with Gasteiger partial charge < -0.3 is 36.1 Å². The second-order valence-corrected chi connectivity index (χ2v) is 10.1. The van der Waals surface area contributed by atoms with Gasteiger partial charge in [-0.05, 0) is 74.7 Å². The molecule has 0 aliphatic heterocycles. The SMILES string of the molecule is CCOc1cc2c(Oc3ccc(NC(=O)C4(C(=O)Nc5ccc(F)cc5)CC4)cc3F)ccnc2cc1OCCCC(=O)O.N. The Hall–Kier alpha value is -5.30. The van der Waals surface area contributed by atoms with Crippen LogP contribution in [0.2, 0.25) is 0 Å². The summed E-state index contributed by atoms with van der Waals surface area (Å²) in [7, 11) is 0. The number of pyridine rings is 1. The number of carboxylic acid groups (broad SMARTS) is 1. The summed E-state index contributed by atoms with van der Waals surface area (Å²) in [5, 5.41) is 14.6. The molecule has 0 unspecified atom stereocenters. The number of hydrogen-bond donors (Lipinski definition) is 4. The molecule has 4 aromatic rings. The number of aliphatic carboxylic acids is 1. The highest BCUT2D eigenvalue weighted by Crippen LogP contribution is 2.47. The molecular weight excluding hydrogens is 590 g/mol. The first kappa shape index (κ1) is 32.6. The van der Waals surface area contributed by atoms with E-state index in [0.29, 0.717) is 59.7 Å². The van der Waals surface area contributed by atoms with E-state index in [9.17, 15) is 18.8 Å². The lowest BCUT2D eigenvalue weighted by Crippen LogP contribution is -2.35. The first-order chi connectivity index (χ1) is 21.2. The standard InChI is InChI=1S/C32H29F2N3O7.H3N/c1-2-42-27-17-22-24(18-28(27)43-15-3-4-29(38)39)35-14-11-25(22)44-26-10-9-21(16-23(26)34)37-31(41)32(12-13-32)30(40)36-20-7-5-19(33)6-8-20;/h5-11,14,16-18H,2-4,12-13,15H2,1H3,(H,36,40)(H,37,41)(H,38,39);1H3. The molecule has 0 bridgehead atoms. The molecule has 236 valence electrons. The van der Waals surface area contributed by atoms with Gasteiger partial charge in [-0.15, -0.1) is 0 Å². The highest BCUT2D eigenvalue weighted by molar-refractivity contribution is 6.16. The van der Waals surface area contributed by atoms with Crippen LogP contribution in [-0.2, 0) is 14.4 Å². The normalized spacial score (nSPS) is 12.9. The highest BCUT2D eigenvalue weighted by Gasteiger charge is 2.56. The number of aromatic nitrogens is 1. The third-order valence-electron chi connectivity index (χ3n) is 6.99. The zero-order valence-electron chi connectivity index (χ0n) is 24.4. The fourth-order valence-electron chi connectivity index (χ4n) is 4.50. The minimum atomic E-state index is -1.30. The number of benzene rings is 3. The van der Waals surface area contributed by atoms with Crippen molar-refractivity contribution < 1.29 is 42.5 Å². The molecule has 5 rings (SSSR count). The van der Waals surface area contributed by atoms with E-state index in [4.69, 9.17) is 19.3 Å². The fraction of sp³-hybridized carbons (Fsp3) is 0.250. The lowest BCUT2D eigenvalue weighted by atomic mass is 10.0. The number of nitrogens with one attached hydrogen (secondary N) is 2. The number of halogens is 2. The van der Waals surface area contributed by atoms with E-state index in [1.54, 1.807) is 25.1 Å². The van der Waals surface area contributed by atoms with Crippen LogP contribution in [0, 0.1) is 17.0 Å². The molecule has 0 spiro atoms. The number of ether oxygens (including phenoxy) is 3. The first-order valence-corrected chi connectivity index (χ1v) is 13.9. The summed E-state index contributed by atoms with van der Waals surface area (Å²) in [6.07, 6.45) is 2.42. The van der Waals surface area contributed by atoms with Crippen LogP contribution in [0.15, 0.2) is 66.9 Å². The number of hydrogen-bond acceptors (Lipinski definition) is 8. The number of carbonyl (C=O) groups excluding carboxylic acids is 2. The van der Waals surface area contributed by atoms with Gasteiger partial charge in [-0.3, -0.25) is 19.4 Å². The van der Waals surface area contributed by atoms with E-state index in [1.807, 2.05) is 0 Å². The van der Waals surface area contributed by atoms with Crippen LogP contribution >= 0.6 is 0 Å². The molecule has 45 heavy (non-hydrogen) atoms. The van der Waals surface area contributed by atoms with Gasteiger partial charge >= 0.3 is 5.97 Å². The van der Waals surface area contributed by atoms with Gasteiger partial charge in [-0.2, -0.15) is 0 Å². The van der Waals surface area contributed by atoms with Crippen LogP contribution in [0.4, 0.5) is 20.2 Å². The molecule has 1 heterocycles. The largest absolute Gasteiger partial charge is 0.490 e. The number of carboxylic acids is 1. The number of rotatable bonds is 13. The molecule has 1 aliphatic rings. The van der Waals surface area contributed by atoms with Crippen molar-refractivity contribution in [2.24, 2.45) is 5.41 Å². The Morgan fingerprint density at radius 3 is 2.18 bits per heavy atom. The summed E-state index contributed by atoms with van der Waals surface area (Å²) in [6, 6.07) is 14.0. The third kappa shape index (κ3) is 7.62. The second kappa shape index (κ2) is 14.0. The number of amides is 2. The topological polar surface area (TPSA) is 171 Å². The zero-order valence-corrected chi connectivity index (χ0v) is 24.4. The molecule has 6 N–H and O–H groups in total. The van der Waals surface area contributed by atoms with Gasteiger partial charge in [0.15, 0.2) is 23.1 Å². The van der Waals surface area contributed by atoms with Crippen molar-refractivity contribution in [1.82, 2.24) is 11.1 Å². The fourth-order valence-corrected chi connectivity index (χ4v) is 4.50. The molecule has 0 saturated heterocycles. The summed E-state index contributed by atoms with van der Waals surface area (Å²) >= 11 is 0. The van der Waals surface area contributed by atoms with Gasteiger partial charge in [-0.1, -0.05) is 0 Å². The summed E-state index contributed by atoms with van der Waals surface area (Å²) in [6.45, 7) is 2.31. The summed E-state index contributed by atoms with van der Waals surface area (Å²) in [4.78, 5) is 41.0. The quantitative estimate of drug-likeness (QED) is 0.0964. The Kier molecular flexibility index (Phi) is 10.1. The molecule has 1 fully saturated rings. The summed E-state index contributed by atoms with van der Waals surface area (Å²) in [5.74, 6) is -2.26. The van der Waals surface area contributed by atoms with Crippen molar-refractivity contribution in [2.45, 2.75) is 32.6 Å². The predicted molar refractivity (Wildman–Crippen MR) is 162 cm³/mol. The number of fused-ring (bicyclic) bond motifs is 1. The van der Waals surface area contributed by atoms with E-state index >= 15 is 4.39 Å². The number of carbonyl (C=O) groups is 3. The van der Waals surface area contributed by atoms with E-state index in [-0.39, 0.29) is 30.6 Å². The minimum absolute atomic E-state index is 0. The maximum atomic E-state index is 15.2. The van der Waals surface area contributed by atoms with E-state index < -0.39 is 34.8 Å². The average molecular weight is 623 g/mol. The van der Waals surface area contributed by atoms with Crippen molar-refractivity contribution in [2.75, 3.05) is 23.8 Å². The molecule has 1 saturated carbocycles. The first-order valence-electron chi connectivity index (χ1n) is 13.9. The third-order valence-corrected chi connectivity index (χ3v) is 6.99. The average Bonchev–Trinajstić information content (AvgIpc) is 3.81. The van der Waals surface area contributed by atoms with Crippen LogP contribution in [0.1, 0.15) is 32.6 Å². The Labute approximate surface area is 257 Å². The van der Waals surface area contributed by atoms with Gasteiger partial charge in [0.1, 0.15) is 17.0 Å². The molecule has 0 radical (unpaired) electrons. The monoisotopic (exact) mass is 622 g/mol. The molecule has 13 heteroatoms.